The van der Waals surface area contributed by atoms with Crippen LogP contribution in [0.15, 0.2) is 54.2 Å². The molecule has 136 valence electrons. The van der Waals surface area contributed by atoms with Crippen molar-refractivity contribution >= 4 is 17.6 Å². The highest BCUT2D eigenvalue weighted by molar-refractivity contribution is 5.99. The van der Waals surface area contributed by atoms with Crippen LogP contribution in [0.4, 0.5) is 5.69 Å². The largest absolute Gasteiger partial charge is 0.495 e. The number of nitrogens with one attached hydrogen (secondary N) is 1. The maximum atomic E-state index is 11.9. The lowest BCUT2D eigenvalue weighted by atomic mass is 9.99. The number of ether oxygens (including phenoxy) is 3. The van der Waals surface area contributed by atoms with Crippen LogP contribution < -0.4 is 10.1 Å². The second-order valence-corrected chi connectivity index (χ2v) is 5.43. The van der Waals surface area contributed by atoms with Crippen LogP contribution in [-0.4, -0.2) is 33.3 Å². The minimum atomic E-state index is -0.692. The van der Waals surface area contributed by atoms with Gasteiger partial charge in [0.1, 0.15) is 11.4 Å². The number of benzene rings is 2. The quantitative estimate of drug-likeness (QED) is 0.633. The Morgan fingerprint density at radius 3 is 2.27 bits per heavy atom. The fraction of sp³-hybridized carbons (Fsp3) is 0.200. The molecule has 2 aromatic carbocycles. The molecule has 0 aliphatic heterocycles. The topological polar surface area (TPSA) is 73.9 Å². The molecule has 0 aromatic heterocycles. The van der Waals surface area contributed by atoms with Gasteiger partial charge in [0.2, 0.25) is 0 Å². The van der Waals surface area contributed by atoms with Gasteiger partial charge in [0.05, 0.1) is 33.1 Å². The molecule has 6 heteroatoms. The summed E-state index contributed by atoms with van der Waals surface area (Å²) in [6, 6.07) is 13.6. The van der Waals surface area contributed by atoms with Gasteiger partial charge < -0.3 is 19.5 Å². The van der Waals surface area contributed by atoms with E-state index in [1.54, 1.807) is 0 Å². The summed E-state index contributed by atoms with van der Waals surface area (Å²) in [5.74, 6) is -0.842. The number of carbonyl (C=O) groups is 2. The molecule has 1 N–H and O–H groups in total. The van der Waals surface area contributed by atoms with Crippen LogP contribution in [0.3, 0.4) is 0 Å². The first-order valence-electron chi connectivity index (χ1n) is 7.89. The van der Waals surface area contributed by atoms with Crippen LogP contribution in [0.1, 0.15) is 5.56 Å². The van der Waals surface area contributed by atoms with Gasteiger partial charge in [0.15, 0.2) is 0 Å². The van der Waals surface area contributed by atoms with Crippen molar-refractivity contribution < 1.29 is 23.8 Å². The van der Waals surface area contributed by atoms with Crippen LogP contribution in [0, 0.1) is 6.92 Å². The third-order valence-corrected chi connectivity index (χ3v) is 3.77. The Morgan fingerprint density at radius 1 is 1.00 bits per heavy atom. The SMILES string of the molecule is COC(=O)/C=C(/Nc1cc(C)c(-c2ccccc2)cc1OC)C(=O)OC. The molecule has 0 radical (unpaired) electrons. The smallest absolute Gasteiger partial charge is 0.354 e. The van der Waals surface area contributed by atoms with Crippen molar-refractivity contribution in [1.82, 2.24) is 0 Å². The molecule has 0 spiro atoms. The van der Waals surface area contributed by atoms with E-state index >= 15 is 0 Å². The molecule has 26 heavy (non-hydrogen) atoms. The monoisotopic (exact) mass is 355 g/mol. The maximum Gasteiger partial charge on any atom is 0.354 e. The molecule has 0 aliphatic carbocycles. The van der Waals surface area contributed by atoms with E-state index in [9.17, 15) is 9.59 Å². The van der Waals surface area contributed by atoms with Crippen LogP contribution in [0.5, 0.6) is 5.75 Å². The van der Waals surface area contributed by atoms with Crippen molar-refractivity contribution in [2.75, 3.05) is 26.6 Å². The van der Waals surface area contributed by atoms with Crippen molar-refractivity contribution in [2.24, 2.45) is 0 Å². The van der Waals surface area contributed by atoms with E-state index in [-0.39, 0.29) is 5.70 Å². The lowest BCUT2D eigenvalue weighted by Crippen LogP contribution is -2.16. The normalized spacial score (nSPS) is 10.8. The van der Waals surface area contributed by atoms with Crippen molar-refractivity contribution in [3.63, 3.8) is 0 Å². The highest BCUT2D eigenvalue weighted by Crippen LogP contribution is 2.34. The lowest BCUT2D eigenvalue weighted by molar-refractivity contribution is -0.138. The minimum Gasteiger partial charge on any atom is -0.495 e. The molecule has 0 bridgehead atoms. The van der Waals surface area contributed by atoms with Crippen molar-refractivity contribution in [3.8, 4) is 16.9 Å². The van der Waals surface area contributed by atoms with Gasteiger partial charge in [-0.2, -0.15) is 0 Å². The third kappa shape index (κ3) is 4.42. The van der Waals surface area contributed by atoms with E-state index in [2.05, 4.69) is 10.1 Å². The highest BCUT2D eigenvalue weighted by Gasteiger charge is 2.16. The molecule has 0 heterocycles. The summed E-state index contributed by atoms with van der Waals surface area (Å²) in [6.07, 6.45) is 1.03. The highest BCUT2D eigenvalue weighted by atomic mass is 16.5. The molecule has 0 amide bonds. The van der Waals surface area contributed by atoms with Gasteiger partial charge in [0.25, 0.3) is 0 Å². The summed E-state index contributed by atoms with van der Waals surface area (Å²) < 4.78 is 14.7. The van der Waals surface area contributed by atoms with Gasteiger partial charge in [0, 0.05) is 0 Å². The Bertz CT molecular complexity index is 828. The van der Waals surface area contributed by atoms with Gasteiger partial charge in [-0.3, -0.25) is 0 Å². The molecule has 2 aromatic rings. The van der Waals surface area contributed by atoms with E-state index in [1.807, 2.05) is 49.4 Å². The first-order valence-corrected chi connectivity index (χ1v) is 7.89. The minimum absolute atomic E-state index is 0.0514. The number of carbonyl (C=O) groups excluding carboxylic acids is 2. The molecule has 0 atom stereocenters. The predicted octanol–water partition coefficient (Wildman–Crippen LogP) is 3.31. The zero-order chi connectivity index (χ0) is 19.1. The van der Waals surface area contributed by atoms with Crippen molar-refractivity contribution in [3.05, 3.63) is 59.8 Å². The van der Waals surface area contributed by atoms with Crippen LogP contribution in [0.2, 0.25) is 0 Å². The summed E-state index contributed by atoms with van der Waals surface area (Å²) in [4.78, 5) is 23.5. The van der Waals surface area contributed by atoms with E-state index in [4.69, 9.17) is 9.47 Å². The van der Waals surface area contributed by atoms with Crippen LogP contribution >= 0.6 is 0 Å². The molecule has 6 nitrogen and oxygen atoms in total. The number of methoxy groups -OCH3 is 3. The van der Waals surface area contributed by atoms with Crippen molar-refractivity contribution in [1.29, 1.82) is 0 Å². The second kappa shape index (κ2) is 8.71. The predicted molar refractivity (Wildman–Crippen MR) is 98.9 cm³/mol. The van der Waals surface area contributed by atoms with E-state index in [0.29, 0.717) is 11.4 Å². The maximum absolute atomic E-state index is 11.9. The van der Waals surface area contributed by atoms with Gasteiger partial charge in [-0.1, -0.05) is 30.3 Å². The zero-order valence-electron chi connectivity index (χ0n) is 15.2. The summed E-state index contributed by atoms with van der Waals surface area (Å²) >= 11 is 0. The Hall–Kier alpha value is -3.28. The number of rotatable bonds is 6. The van der Waals surface area contributed by atoms with Gasteiger partial charge >= 0.3 is 11.9 Å². The molecular weight excluding hydrogens is 334 g/mol. The van der Waals surface area contributed by atoms with Gasteiger partial charge in [-0.15, -0.1) is 0 Å². The van der Waals surface area contributed by atoms with Crippen molar-refractivity contribution in [2.45, 2.75) is 6.92 Å². The molecule has 2 rings (SSSR count). The number of esters is 2. The van der Waals surface area contributed by atoms with Gasteiger partial charge in [-0.25, -0.2) is 9.59 Å². The Kier molecular flexibility index (Phi) is 6.38. The number of aryl methyl sites for hydroxylation is 1. The van der Waals surface area contributed by atoms with E-state index in [0.717, 1.165) is 22.8 Å². The van der Waals surface area contributed by atoms with Crippen LogP contribution in [0.25, 0.3) is 11.1 Å². The fourth-order valence-electron chi connectivity index (χ4n) is 2.46. The molecule has 0 saturated heterocycles. The number of hydrogen-bond donors (Lipinski definition) is 1. The first kappa shape index (κ1) is 19.1. The molecule has 0 unspecified atom stereocenters. The first-order chi connectivity index (χ1) is 12.5. The molecule has 0 saturated carbocycles. The average molecular weight is 355 g/mol. The average Bonchev–Trinajstić information content (AvgIpc) is 2.67. The summed E-state index contributed by atoms with van der Waals surface area (Å²) in [5.41, 5.74) is 3.51. The summed E-state index contributed by atoms with van der Waals surface area (Å²) in [5, 5.41) is 2.89. The summed E-state index contributed by atoms with van der Waals surface area (Å²) in [6.45, 7) is 1.95. The van der Waals surface area contributed by atoms with Crippen LogP contribution in [-0.2, 0) is 19.1 Å². The summed E-state index contributed by atoms with van der Waals surface area (Å²) in [7, 11) is 4.00. The lowest BCUT2D eigenvalue weighted by Gasteiger charge is -2.16. The standard InChI is InChI=1S/C20H21NO5/c1-13-10-16(21-17(20(23)26-4)12-19(22)25-3)18(24-2)11-15(13)14-8-6-5-7-9-14/h5-12,21H,1-4H3/b17-12+. The zero-order valence-corrected chi connectivity index (χ0v) is 15.2. The Labute approximate surface area is 152 Å². The molecule has 0 fully saturated rings. The molecular formula is C20H21NO5. The third-order valence-electron chi connectivity index (χ3n) is 3.77. The Morgan fingerprint density at radius 2 is 1.69 bits per heavy atom. The second-order valence-electron chi connectivity index (χ2n) is 5.43. The molecule has 0 aliphatic rings. The van der Waals surface area contributed by atoms with E-state index < -0.39 is 11.9 Å². The van der Waals surface area contributed by atoms with E-state index in [1.165, 1.54) is 21.3 Å². The number of anilines is 1. The van der Waals surface area contributed by atoms with Gasteiger partial charge in [-0.05, 0) is 35.7 Å². The number of hydrogen-bond acceptors (Lipinski definition) is 6. The fourth-order valence-corrected chi connectivity index (χ4v) is 2.46. The Balaban J connectivity index is 2.46.